The van der Waals surface area contributed by atoms with Crippen molar-refractivity contribution >= 4 is 17.4 Å². The summed E-state index contributed by atoms with van der Waals surface area (Å²) in [5.74, 6) is 0.202. The van der Waals surface area contributed by atoms with Gasteiger partial charge in [0.15, 0.2) is 0 Å². The molecule has 7 nitrogen and oxygen atoms in total. The average Bonchev–Trinajstić information content (AvgIpc) is 3.30. The number of likely N-dealkylation sites (tertiary alicyclic amines) is 1. The second-order valence-corrected chi connectivity index (χ2v) is 7.20. The molecule has 1 aliphatic rings. The van der Waals surface area contributed by atoms with E-state index in [-0.39, 0.29) is 11.3 Å². The molecule has 1 N–H and O–H groups in total. The number of benzene rings is 1. The number of ketones is 1. The summed E-state index contributed by atoms with van der Waals surface area (Å²) < 4.78 is 10.9. The van der Waals surface area contributed by atoms with Crippen LogP contribution in [0.3, 0.4) is 0 Å². The number of Topliss-reactive ketones (excluding diaryl/α,β-unsaturated/α-hetero) is 1. The molecule has 1 aliphatic heterocycles. The third-order valence-corrected chi connectivity index (χ3v) is 5.49. The maximum absolute atomic E-state index is 12.9. The Balaban J connectivity index is 2.05. The Labute approximate surface area is 176 Å². The molecule has 0 aliphatic carbocycles. The molecule has 2 aromatic rings. The van der Waals surface area contributed by atoms with Gasteiger partial charge in [-0.15, -0.1) is 0 Å². The van der Waals surface area contributed by atoms with E-state index in [1.165, 1.54) is 4.90 Å². The summed E-state index contributed by atoms with van der Waals surface area (Å²) >= 11 is 0. The molecule has 0 bridgehead atoms. The number of carbonyl (C=O) groups is 2. The number of hydrogen-bond acceptors (Lipinski definition) is 6. The summed E-state index contributed by atoms with van der Waals surface area (Å²) in [6.45, 7) is 8.57. The van der Waals surface area contributed by atoms with Crippen molar-refractivity contribution in [2.45, 2.75) is 26.8 Å². The van der Waals surface area contributed by atoms with Gasteiger partial charge in [0, 0.05) is 18.7 Å². The summed E-state index contributed by atoms with van der Waals surface area (Å²) in [6.07, 6.45) is 0. The standard InChI is InChI=1S/C23H28N2O5/c1-5-24(6-2)13-14-25-20(18-12-7-15(3)30-18)19(22(27)23(25)28)21(26)16-8-10-17(29-4)11-9-16/h7-12,20,26H,5-6,13-14H2,1-4H3/b21-19+/t20-/m0/s1. The number of likely N-dealkylation sites (N-methyl/N-ethyl adjacent to an activating group) is 1. The van der Waals surface area contributed by atoms with Crippen LogP contribution in [0.2, 0.25) is 0 Å². The number of aryl methyl sites for hydroxylation is 1. The first kappa shape index (κ1) is 21.6. The van der Waals surface area contributed by atoms with Crippen LogP contribution in [0.15, 0.2) is 46.4 Å². The van der Waals surface area contributed by atoms with Crippen LogP contribution in [-0.4, -0.2) is 59.9 Å². The Hall–Kier alpha value is -3.06. The molecule has 2 heterocycles. The minimum absolute atomic E-state index is 0.0408. The lowest BCUT2D eigenvalue weighted by Crippen LogP contribution is -2.37. The van der Waals surface area contributed by atoms with E-state index in [0.29, 0.717) is 35.9 Å². The van der Waals surface area contributed by atoms with Crippen molar-refractivity contribution < 1.29 is 23.8 Å². The summed E-state index contributed by atoms with van der Waals surface area (Å²) in [4.78, 5) is 29.5. The molecule has 0 radical (unpaired) electrons. The van der Waals surface area contributed by atoms with E-state index >= 15 is 0 Å². The Morgan fingerprint density at radius 3 is 2.33 bits per heavy atom. The van der Waals surface area contributed by atoms with Gasteiger partial charge in [-0.1, -0.05) is 13.8 Å². The monoisotopic (exact) mass is 412 g/mol. The summed E-state index contributed by atoms with van der Waals surface area (Å²) in [7, 11) is 1.55. The highest BCUT2D eigenvalue weighted by molar-refractivity contribution is 6.46. The smallest absolute Gasteiger partial charge is 0.295 e. The molecule has 1 fully saturated rings. The lowest BCUT2D eigenvalue weighted by molar-refractivity contribution is -0.140. The zero-order valence-electron chi connectivity index (χ0n) is 17.8. The molecular weight excluding hydrogens is 384 g/mol. The summed E-state index contributed by atoms with van der Waals surface area (Å²) in [5, 5.41) is 11.0. The minimum atomic E-state index is -0.767. The third-order valence-electron chi connectivity index (χ3n) is 5.49. The Morgan fingerprint density at radius 2 is 1.80 bits per heavy atom. The number of ether oxygens (including phenoxy) is 1. The largest absolute Gasteiger partial charge is 0.507 e. The molecule has 0 saturated carbocycles. The highest BCUT2D eigenvalue weighted by atomic mass is 16.5. The van der Waals surface area contributed by atoms with Crippen molar-refractivity contribution in [2.24, 2.45) is 0 Å². The van der Waals surface area contributed by atoms with Crippen molar-refractivity contribution in [3.63, 3.8) is 0 Å². The zero-order chi connectivity index (χ0) is 21.8. The molecule has 1 aromatic carbocycles. The van der Waals surface area contributed by atoms with Gasteiger partial charge in [0.25, 0.3) is 11.7 Å². The quantitative estimate of drug-likeness (QED) is 0.407. The van der Waals surface area contributed by atoms with Crippen molar-refractivity contribution in [2.75, 3.05) is 33.3 Å². The predicted octanol–water partition coefficient (Wildman–Crippen LogP) is 3.36. The second kappa shape index (κ2) is 9.17. The number of rotatable bonds is 8. The fraction of sp³-hybridized carbons (Fsp3) is 0.391. The van der Waals surface area contributed by atoms with Gasteiger partial charge in [0.1, 0.15) is 29.1 Å². The second-order valence-electron chi connectivity index (χ2n) is 7.20. The molecule has 1 aromatic heterocycles. The van der Waals surface area contributed by atoms with Gasteiger partial charge in [-0.3, -0.25) is 9.59 Å². The number of hydrogen-bond donors (Lipinski definition) is 1. The number of nitrogens with zero attached hydrogens (tertiary/aromatic N) is 2. The minimum Gasteiger partial charge on any atom is -0.507 e. The van der Waals surface area contributed by atoms with Crippen LogP contribution in [0.1, 0.15) is 37.0 Å². The summed E-state index contributed by atoms with van der Waals surface area (Å²) in [5.41, 5.74) is 0.477. The number of aliphatic hydroxyl groups excluding tert-OH is 1. The van der Waals surface area contributed by atoms with Crippen LogP contribution in [0.5, 0.6) is 5.75 Å². The first-order chi connectivity index (χ1) is 14.4. The first-order valence-electron chi connectivity index (χ1n) is 10.1. The molecule has 1 atom stereocenters. The molecule has 1 amide bonds. The molecular formula is C23H28N2O5. The lowest BCUT2D eigenvalue weighted by atomic mass is 9.99. The number of methoxy groups -OCH3 is 1. The van der Waals surface area contributed by atoms with E-state index in [1.54, 1.807) is 50.4 Å². The van der Waals surface area contributed by atoms with Gasteiger partial charge in [0.05, 0.1) is 12.7 Å². The van der Waals surface area contributed by atoms with E-state index in [4.69, 9.17) is 9.15 Å². The van der Waals surface area contributed by atoms with Crippen LogP contribution in [0.4, 0.5) is 0 Å². The van der Waals surface area contributed by atoms with Crippen molar-refractivity contribution in [3.8, 4) is 5.75 Å². The fourth-order valence-electron chi connectivity index (χ4n) is 3.70. The zero-order valence-corrected chi connectivity index (χ0v) is 17.8. The van der Waals surface area contributed by atoms with Crippen molar-refractivity contribution in [1.82, 2.24) is 9.80 Å². The first-order valence-corrected chi connectivity index (χ1v) is 10.1. The Kier molecular flexibility index (Phi) is 6.62. The number of aliphatic hydroxyl groups is 1. The Morgan fingerprint density at radius 1 is 1.13 bits per heavy atom. The number of furan rings is 1. The highest BCUT2D eigenvalue weighted by Gasteiger charge is 2.47. The van der Waals surface area contributed by atoms with Gasteiger partial charge in [0.2, 0.25) is 0 Å². The molecule has 1 saturated heterocycles. The van der Waals surface area contributed by atoms with Gasteiger partial charge in [-0.05, 0) is 56.4 Å². The number of amides is 1. The fourth-order valence-corrected chi connectivity index (χ4v) is 3.70. The molecule has 0 spiro atoms. The van der Waals surface area contributed by atoms with E-state index in [9.17, 15) is 14.7 Å². The Bertz CT molecular complexity index is 941. The normalized spacial score (nSPS) is 18.4. The maximum Gasteiger partial charge on any atom is 0.295 e. The summed E-state index contributed by atoms with van der Waals surface area (Å²) in [6, 6.07) is 9.46. The van der Waals surface area contributed by atoms with Crippen LogP contribution in [0, 0.1) is 6.92 Å². The predicted molar refractivity (Wildman–Crippen MR) is 113 cm³/mol. The van der Waals surface area contributed by atoms with Gasteiger partial charge in [-0.2, -0.15) is 0 Å². The van der Waals surface area contributed by atoms with Gasteiger partial charge >= 0.3 is 0 Å². The molecule has 160 valence electrons. The molecule has 3 rings (SSSR count). The van der Waals surface area contributed by atoms with E-state index in [2.05, 4.69) is 18.7 Å². The van der Waals surface area contributed by atoms with Gasteiger partial charge < -0.3 is 24.1 Å². The molecule has 30 heavy (non-hydrogen) atoms. The number of carbonyl (C=O) groups excluding carboxylic acids is 2. The molecule has 7 heteroatoms. The van der Waals surface area contributed by atoms with E-state index in [0.717, 1.165) is 13.1 Å². The SMILES string of the molecule is CCN(CC)CCN1C(=O)C(=O)/C(=C(/O)c2ccc(OC)cc2)[C@@H]1c1ccc(C)o1. The maximum atomic E-state index is 12.9. The van der Waals surface area contributed by atoms with Crippen LogP contribution in [0.25, 0.3) is 5.76 Å². The highest BCUT2D eigenvalue weighted by Crippen LogP contribution is 2.40. The van der Waals surface area contributed by atoms with Gasteiger partial charge in [-0.25, -0.2) is 0 Å². The van der Waals surface area contributed by atoms with Crippen LogP contribution >= 0.6 is 0 Å². The van der Waals surface area contributed by atoms with Crippen molar-refractivity contribution in [1.29, 1.82) is 0 Å². The van der Waals surface area contributed by atoms with Crippen LogP contribution < -0.4 is 4.74 Å². The van der Waals surface area contributed by atoms with E-state index in [1.807, 2.05) is 0 Å². The average molecular weight is 412 g/mol. The van der Waals surface area contributed by atoms with Crippen molar-refractivity contribution in [3.05, 3.63) is 59.1 Å². The third kappa shape index (κ3) is 4.11. The van der Waals surface area contributed by atoms with Crippen LogP contribution in [-0.2, 0) is 9.59 Å². The topological polar surface area (TPSA) is 83.2 Å². The lowest BCUT2D eigenvalue weighted by Gasteiger charge is -2.26. The molecule has 0 unspecified atom stereocenters. The van der Waals surface area contributed by atoms with E-state index < -0.39 is 17.7 Å².